The number of thioether (sulfide) groups is 1. The summed E-state index contributed by atoms with van der Waals surface area (Å²) < 4.78 is 0.981. The molecule has 0 aliphatic heterocycles. The molecule has 0 heterocycles. The van der Waals surface area contributed by atoms with Crippen LogP contribution in [0.3, 0.4) is 0 Å². The Morgan fingerprint density at radius 2 is 2.30 bits per heavy atom. The van der Waals surface area contributed by atoms with Crippen LogP contribution in [0.15, 0.2) is 11.3 Å². The Bertz CT molecular complexity index is 184. The maximum absolute atomic E-state index is 5.73. The third-order valence-electron chi connectivity index (χ3n) is 1.69. The van der Waals surface area contributed by atoms with E-state index in [9.17, 15) is 0 Å². The molecule has 0 aromatic rings. The number of nitrogens with two attached hydrogens (primary N) is 1. The first kappa shape index (κ1) is 8.08. The molecule has 0 aromatic carbocycles. The molecule has 3 heteroatoms. The number of thiocarbonyl (C=S) groups is 1. The molecule has 0 saturated carbocycles. The summed E-state index contributed by atoms with van der Waals surface area (Å²) in [6, 6.07) is 0. The SMILES string of the molecule is CSC(=S)C1=C(N)CCC1. The summed E-state index contributed by atoms with van der Waals surface area (Å²) in [7, 11) is 0. The van der Waals surface area contributed by atoms with Crippen molar-refractivity contribution in [3.8, 4) is 0 Å². The lowest BCUT2D eigenvalue weighted by atomic mass is 10.2. The van der Waals surface area contributed by atoms with E-state index < -0.39 is 0 Å². The van der Waals surface area contributed by atoms with Crippen LogP contribution in [0.1, 0.15) is 19.3 Å². The van der Waals surface area contributed by atoms with Crippen LogP contribution in [0.25, 0.3) is 0 Å². The summed E-state index contributed by atoms with van der Waals surface area (Å²) in [5.74, 6) is 0. The summed E-state index contributed by atoms with van der Waals surface area (Å²) >= 11 is 6.74. The molecule has 0 spiro atoms. The van der Waals surface area contributed by atoms with Crippen molar-refractivity contribution in [1.29, 1.82) is 0 Å². The van der Waals surface area contributed by atoms with E-state index in [2.05, 4.69) is 0 Å². The Kier molecular flexibility index (Phi) is 2.74. The molecule has 0 fully saturated rings. The van der Waals surface area contributed by atoms with Gasteiger partial charge in [-0.3, -0.25) is 0 Å². The smallest absolute Gasteiger partial charge is 0.0752 e. The van der Waals surface area contributed by atoms with Crippen molar-refractivity contribution < 1.29 is 0 Å². The van der Waals surface area contributed by atoms with Crippen molar-refractivity contribution in [3.63, 3.8) is 0 Å². The van der Waals surface area contributed by atoms with E-state index in [1.165, 1.54) is 12.0 Å². The molecular formula is C7H11NS2. The third kappa shape index (κ3) is 1.52. The van der Waals surface area contributed by atoms with Crippen LogP contribution in [-0.4, -0.2) is 10.5 Å². The Balaban J connectivity index is 2.71. The van der Waals surface area contributed by atoms with Crippen molar-refractivity contribution in [2.24, 2.45) is 5.73 Å². The van der Waals surface area contributed by atoms with Crippen LogP contribution in [0.5, 0.6) is 0 Å². The van der Waals surface area contributed by atoms with Gasteiger partial charge in [0, 0.05) is 5.70 Å². The van der Waals surface area contributed by atoms with Gasteiger partial charge in [0.05, 0.1) is 4.20 Å². The van der Waals surface area contributed by atoms with Crippen molar-refractivity contribution in [2.75, 3.05) is 6.26 Å². The molecule has 1 aliphatic rings. The van der Waals surface area contributed by atoms with Gasteiger partial charge in [0.1, 0.15) is 0 Å². The van der Waals surface area contributed by atoms with Gasteiger partial charge in [-0.1, -0.05) is 12.2 Å². The van der Waals surface area contributed by atoms with Gasteiger partial charge < -0.3 is 5.73 Å². The van der Waals surface area contributed by atoms with Crippen LogP contribution < -0.4 is 5.73 Å². The molecule has 0 aromatic heterocycles. The molecule has 56 valence electrons. The largest absolute Gasteiger partial charge is 0.402 e. The third-order valence-corrected chi connectivity index (χ3v) is 3.06. The van der Waals surface area contributed by atoms with Crippen LogP contribution in [0, 0.1) is 0 Å². The van der Waals surface area contributed by atoms with Crippen molar-refractivity contribution in [3.05, 3.63) is 11.3 Å². The van der Waals surface area contributed by atoms with Gasteiger partial charge in [-0.2, -0.15) is 0 Å². The highest BCUT2D eigenvalue weighted by Gasteiger charge is 2.14. The predicted octanol–water partition coefficient (Wildman–Crippen LogP) is 2.07. The lowest BCUT2D eigenvalue weighted by Gasteiger charge is -2.00. The van der Waals surface area contributed by atoms with Crippen LogP contribution in [0.4, 0.5) is 0 Å². The van der Waals surface area contributed by atoms with Crippen LogP contribution >= 0.6 is 24.0 Å². The monoisotopic (exact) mass is 173 g/mol. The molecule has 0 saturated heterocycles. The van der Waals surface area contributed by atoms with Crippen molar-refractivity contribution in [2.45, 2.75) is 19.3 Å². The second-order valence-corrected chi connectivity index (χ2v) is 3.83. The summed E-state index contributed by atoms with van der Waals surface area (Å²) in [4.78, 5) is 0. The fourth-order valence-electron chi connectivity index (χ4n) is 1.12. The van der Waals surface area contributed by atoms with E-state index in [1.54, 1.807) is 11.8 Å². The highest BCUT2D eigenvalue weighted by molar-refractivity contribution is 8.23. The van der Waals surface area contributed by atoms with Crippen molar-refractivity contribution in [1.82, 2.24) is 0 Å². The summed E-state index contributed by atoms with van der Waals surface area (Å²) in [6.45, 7) is 0. The minimum atomic E-state index is 0.981. The van der Waals surface area contributed by atoms with E-state index in [0.717, 1.165) is 22.7 Å². The standard InChI is InChI=1S/C7H11NS2/c1-10-7(9)5-3-2-4-6(5)8/h2-4,8H2,1H3. The lowest BCUT2D eigenvalue weighted by molar-refractivity contribution is 0.897. The Morgan fingerprint density at radius 3 is 2.70 bits per heavy atom. The molecule has 0 atom stereocenters. The van der Waals surface area contributed by atoms with Crippen molar-refractivity contribution >= 4 is 28.2 Å². The molecule has 0 bridgehead atoms. The number of hydrogen-bond donors (Lipinski definition) is 1. The van der Waals surface area contributed by atoms with Gasteiger partial charge in [0.2, 0.25) is 0 Å². The molecular weight excluding hydrogens is 162 g/mol. The summed E-state index contributed by atoms with van der Waals surface area (Å²) in [5.41, 5.74) is 7.97. The quantitative estimate of drug-likeness (QED) is 0.615. The summed E-state index contributed by atoms with van der Waals surface area (Å²) in [5, 5.41) is 0. The van der Waals surface area contributed by atoms with Gasteiger partial charge in [-0.25, -0.2) is 0 Å². The second kappa shape index (κ2) is 3.39. The molecule has 0 radical (unpaired) electrons. The molecule has 2 N–H and O–H groups in total. The highest BCUT2D eigenvalue weighted by Crippen LogP contribution is 2.26. The molecule has 0 amide bonds. The minimum absolute atomic E-state index is 0.981. The van der Waals surface area contributed by atoms with E-state index in [0.29, 0.717) is 0 Å². The van der Waals surface area contributed by atoms with E-state index in [-0.39, 0.29) is 0 Å². The Morgan fingerprint density at radius 1 is 1.60 bits per heavy atom. The normalized spacial score (nSPS) is 18.1. The van der Waals surface area contributed by atoms with Gasteiger partial charge in [-0.15, -0.1) is 11.8 Å². The number of allylic oxidation sites excluding steroid dienone is 1. The van der Waals surface area contributed by atoms with E-state index >= 15 is 0 Å². The Hall–Kier alpha value is -0.0200. The van der Waals surface area contributed by atoms with Gasteiger partial charge >= 0.3 is 0 Å². The maximum Gasteiger partial charge on any atom is 0.0752 e. The van der Waals surface area contributed by atoms with Gasteiger partial charge in [-0.05, 0) is 31.1 Å². The molecule has 1 rings (SSSR count). The first-order chi connectivity index (χ1) is 4.75. The predicted molar refractivity (Wildman–Crippen MR) is 51.2 cm³/mol. The fourth-order valence-corrected chi connectivity index (χ4v) is 1.84. The average Bonchev–Trinajstić information content (AvgIpc) is 2.34. The number of rotatable bonds is 1. The lowest BCUT2D eigenvalue weighted by Crippen LogP contribution is -2.00. The molecule has 1 nitrogen and oxygen atoms in total. The maximum atomic E-state index is 5.73. The zero-order valence-corrected chi connectivity index (χ0v) is 7.65. The van der Waals surface area contributed by atoms with Gasteiger partial charge in [0.15, 0.2) is 0 Å². The zero-order chi connectivity index (χ0) is 7.56. The van der Waals surface area contributed by atoms with E-state index in [4.69, 9.17) is 18.0 Å². The topological polar surface area (TPSA) is 26.0 Å². The average molecular weight is 173 g/mol. The molecule has 10 heavy (non-hydrogen) atoms. The molecule has 1 aliphatic carbocycles. The van der Waals surface area contributed by atoms with E-state index in [1.807, 2.05) is 6.26 Å². The number of hydrogen-bond acceptors (Lipinski definition) is 3. The Labute approximate surface area is 71.1 Å². The van der Waals surface area contributed by atoms with Gasteiger partial charge in [0.25, 0.3) is 0 Å². The highest BCUT2D eigenvalue weighted by atomic mass is 32.2. The summed E-state index contributed by atoms with van der Waals surface area (Å²) in [6.07, 6.45) is 5.31. The van der Waals surface area contributed by atoms with Crippen LogP contribution in [-0.2, 0) is 0 Å². The second-order valence-electron chi connectivity index (χ2n) is 2.35. The molecule has 0 unspecified atom stereocenters. The first-order valence-corrected chi connectivity index (χ1v) is 4.95. The first-order valence-electron chi connectivity index (χ1n) is 3.31. The zero-order valence-electron chi connectivity index (χ0n) is 6.02. The minimum Gasteiger partial charge on any atom is -0.402 e. The van der Waals surface area contributed by atoms with Crippen LogP contribution in [0.2, 0.25) is 0 Å². The fraction of sp³-hybridized carbons (Fsp3) is 0.571.